The first-order valence-corrected chi connectivity index (χ1v) is 8.99. The van der Waals surface area contributed by atoms with Crippen LogP contribution in [0.1, 0.15) is 41.7 Å². The minimum atomic E-state index is -3.59. The van der Waals surface area contributed by atoms with Gasteiger partial charge < -0.3 is 8.94 Å². The zero-order valence-electron chi connectivity index (χ0n) is 13.5. The summed E-state index contributed by atoms with van der Waals surface area (Å²) in [4.78, 5) is 0. The number of furan rings is 1. The Labute approximate surface area is 136 Å². The highest BCUT2D eigenvalue weighted by Crippen LogP contribution is 2.35. The van der Waals surface area contributed by atoms with Crippen molar-refractivity contribution in [3.63, 3.8) is 0 Å². The van der Waals surface area contributed by atoms with Gasteiger partial charge in [0.05, 0.1) is 18.0 Å². The highest BCUT2D eigenvalue weighted by Gasteiger charge is 2.39. The molecule has 0 amide bonds. The Morgan fingerprint density at radius 2 is 2.22 bits per heavy atom. The molecule has 0 bridgehead atoms. The summed E-state index contributed by atoms with van der Waals surface area (Å²) in [5.41, 5.74) is 1.53. The second-order valence-electron chi connectivity index (χ2n) is 5.85. The molecular formula is C15H21N3O4S. The number of nitrogens with zero attached hydrogens (tertiary/aromatic N) is 3. The van der Waals surface area contributed by atoms with E-state index in [2.05, 4.69) is 5.16 Å². The number of hydrogen-bond donors (Lipinski definition) is 0. The van der Waals surface area contributed by atoms with Crippen molar-refractivity contribution >= 4 is 10.2 Å². The molecule has 1 fully saturated rings. The zero-order valence-corrected chi connectivity index (χ0v) is 14.3. The average molecular weight is 339 g/mol. The van der Waals surface area contributed by atoms with Gasteiger partial charge in [-0.2, -0.15) is 17.0 Å². The fourth-order valence-corrected chi connectivity index (χ4v) is 4.53. The van der Waals surface area contributed by atoms with Crippen LogP contribution in [0.15, 0.2) is 27.3 Å². The van der Waals surface area contributed by atoms with Gasteiger partial charge in [0.1, 0.15) is 11.5 Å². The predicted octanol–water partition coefficient (Wildman–Crippen LogP) is 2.40. The summed E-state index contributed by atoms with van der Waals surface area (Å²) >= 11 is 0. The van der Waals surface area contributed by atoms with Gasteiger partial charge in [-0.25, -0.2) is 0 Å². The normalized spacial score (nSPS) is 19.7. The summed E-state index contributed by atoms with van der Waals surface area (Å²) in [5.74, 6) is 1.34. The van der Waals surface area contributed by atoms with Gasteiger partial charge >= 0.3 is 0 Å². The first kappa shape index (κ1) is 16.2. The molecule has 3 heterocycles. The van der Waals surface area contributed by atoms with Crippen LogP contribution < -0.4 is 0 Å². The van der Waals surface area contributed by atoms with Crippen molar-refractivity contribution in [1.82, 2.24) is 13.8 Å². The molecule has 0 aromatic carbocycles. The molecule has 23 heavy (non-hydrogen) atoms. The summed E-state index contributed by atoms with van der Waals surface area (Å²) in [6.45, 7) is 4.34. The molecule has 1 atom stereocenters. The molecule has 0 unspecified atom stereocenters. The van der Waals surface area contributed by atoms with E-state index in [1.807, 2.05) is 13.0 Å². The number of aryl methyl sites for hydroxylation is 2. The Kier molecular flexibility index (Phi) is 4.31. The lowest BCUT2D eigenvalue weighted by molar-refractivity contribution is 0.311. The van der Waals surface area contributed by atoms with Crippen LogP contribution in [0.4, 0.5) is 0 Å². The molecule has 8 heteroatoms. The fraction of sp³-hybridized carbons (Fsp3) is 0.533. The Hall–Kier alpha value is -1.64. The lowest BCUT2D eigenvalue weighted by Gasteiger charge is -2.27. The van der Waals surface area contributed by atoms with Crippen LogP contribution in [0, 0.1) is 13.8 Å². The first-order chi connectivity index (χ1) is 10.9. The van der Waals surface area contributed by atoms with Crippen molar-refractivity contribution in [1.29, 1.82) is 0 Å². The summed E-state index contributed by atoms with van der Waals surface area (Å²) in [5, 5.41) is 3.88. The van der Waals surface area contributed by atoms with Gasteiger partial charge in [0.15, 0.2) is 0 Å². The van der Waals surface area contributed by atoms with Gasteiger partial charge in [-0.1, -0.05) is 5.16 Å². The third-order valence-corrected chi connectivity index (χ3v) is 6.27. The number of aromatic nitrogens is 1. The van der Waals surface area contributed by atoms with Crippen molar-refractivity contribution < 1.29 is 17.4 Å². The molecule has 3 rings (SSSR count). The van der Waals surface area contributed by atoms with Gasteiger partial charge in [0.2, 0.25) is 0 Å². The van der Waals surface area contributed by atoms with E-state index in [-0.39, 0.29) is 12.6 Å². The van der Waals surface area contributed by atoms with Crippen LogP contribution in [0.25, 0.3) is 0 Å². The Bertz CT molecular complexity index is 747. The van der Waals surface area contributed by atoms with Crippen LogP contribution in [0.2, 0.25) is 0 Å². The zero-order chi connectivity index (χ0) is 16.6. The van der Waals surface area contributed by atoms with Gasteiger partial charge in [-0.05, 0) is 38.8 Å². The number of hydrogen-bond acceptors (Lipinski definition) is 5. The molecule has 0 spiro atoms. The van der Waals surface area contributed by atoms with E-state index in [1.54, 1.807) is 26.3 Å². The highest BCUT2D eigenvalue weighted by atomic mass is 32.2. The van der Waals surface area contributed by atoms with Crippen LogP contribution >= 0.6 is 0 Å². The molecule has 2 aromatic rings. The molecule has 1 aliphatic rings. The molecular weight excluding hydrogens is 318 g/mol. The molecule has 1 saturated heterocycles. The van der Waals surface area contributed by atoms with Crippen LogP contribution in [-0.2, 0) is 16.8 Å². The molecule has 126 valence electrons. The lowest BCUT2D eigenvalue weighted by atomic mass is 10.2. The van der Waals surface area contributed by atoms with E-state index in [0.717, 1.165) is 18.4 Å². The van der Waals surface area contributed by atoms with E-state index < -0.39 is 10.2 Å². The maximum absolute atomic E-state index is 12.9. The van der Waals surface area contributed by atoms with Gasteiger partial charge in [0.25, 0.3) is 10.2 Å². The van der Waals surface area contributed by atoms with E-state index in [1.165, 1.54) is 8.61 Å². The summed E-state index contributed by atoms with van der Waals surface area (Å²) in [6, 6.07) is 3.38. The van der Waals surface area contributed by atoms with E-state index in [4.69, 9.17) is 8.94 Å². The fourth-order valence-electron chi connectivity index (χ4n) is 2.99. The SMILES string of the molecule is Cc1noc(C)c1CN(C)S(=O)(=O)N1CCC[C@H]1c1ccco1. The third kappa shape index (κ3) is 2.93. The topological polar surface area (TPSA) is 79.8 Å². The van der Waals surface area contributed by atoms with Crippen molar-refractivity contribution in [2.24, 2.45) is 0 Å². The van der Waals surface area contributed by atoms with Gasteiger partial charge in [-0.15, -0.1) is 0 Å². The van der Waals surface area contributed by atoms with Gasteiger partial charge in [0, 0.05) is 25.7 Å². The lowest BCUT2D eigenvalue weighted by Crippen LogP contribution is -2.41. The maximum Gasteiger partial charge on any atom is 0.282 e. The second-order valence-corrected chi connectivity index (χ2v) is 7.84. The molecule has 7 nitrogen and oxygen atoms in total. The Balaban J connectivity index is 1.83. The highest BCUT2D eigenvalue weighted by molar-refractivity contribution is 7.86. The quantitative estimate of drug-likeness (QED) is 0.835. The largest absolute Gasteiger partial charge is 0.468 e. The molecule has 1 aliphatic heterocycles. The van der Waals surface area contributed by atoms with Crippen molar-refractivity contribution in [3.8, 4) is 0 Å². The minimum absolute atomic E-state index is 0.234. The van der Waals surface area contributed by atoms with Crippen molar-refractivity contribution in [3.05, 3.63) is 41.2 Å². The standard InChI is InChI=1S/C15H21N3O4S/c1-11-13(12(2)22-16-11)10-17(3)23(19,20)18-8-4-6-14(18)15-7-5-9-21-15/h5,7,9,14H,4,6,8,10H2,1-3H3/t14-/m0/s1. The average Bonchev–Trinajstić information content (AvgIpc) is 3.23. The molecule has 0 N–H and O–H groups in total. The van der Waals surface area contributed by atoms with E-state index >= 15 is 0 Å². The van der Waals surface area contributed by atoms with Crippen molar-refractivity contribution in [2.75, 3.05) is 13.6 Å². The third-order valence-electron chi connectivity index (χ3n) is 4.33. The Morgan fingerprint density at radius 3 is 2.83 bits per heavy atom. The monoisotopic (exact) mass is 339 g/mol. The van der Waals surface area contributed by atoms with E-state index in [9.17, 15) is 8.42 Å². The van der Waals surface area contributed by atoms with Crippen LogP contribution in [-0.4, -0.2) is 35.8 Å². The maximum atomic E-state index is 12.9. The molecule has 2 aromatic heterocycles. The van der Waals surface area contributed by atoms with E-state index in [0.29, 0.717) is 23.8 Å². The van der Waals surface area contributed by atoms with Gasteiger partial charge in [-0.3, -0.25) is 0 Å². The molecule has 0 radical (unpaired) electrons. The van der Waals surface area contributed by atoms with Crippen molar-refractivity contribution in [2.45, 2.75) is 39.3 Å². The smallest absolute Gasteiger partial charge is 0.282 e. The van der Waals surface area contributed by atoms with Crippen LogP contribution in [0.5, 0.6) is 0 Å². The summed E-state index contributed by atoms with van der Waals surface area (Å²) in [6.07, 6.45) is 3.17. The Morgan fingerprint density at radius 1 is 1.43 bits per heavy atom. The summed E-state index contributed by atoms with van der Waals surface area (Å²) < 4.78 is 39.3. The molecule has 0 saturated carbocycles. The minimum Gasteiger partial charge on any atom is -0.468 e. The number of rotatable bonds is 5. The predicted molar refractivity (Wildman–Crippen MR) is 83.8 cm³/mol. The second kappa shape index (κ2) is 6.10. The summed E-state index contributed by atoms with van der Waals surface area (Å²) in [7, 11) is -2.00. The van der Waals surface area contributed by atoms with Crippen LogP contribution in [0.3, 0.4) is 0 Å². The molecule has 0 aliphatic carbocycles. The first-order valence-electron chi connectivity index (χ1n) is 7.59.